The number of ether oxygens (including phenoxy) is 1. The van der Waals surface area contributed by atoms with E-state index in [1.807, 2.05) is 18.2 Å². The maximum Gasteiger partial charge on any atom is 0.310 e. The van der Waals surface area contributed by atoms with Crippen LogP contribution in [0.15, 0.2) is 48.9 Å². The molecular weight excluding hydrogens is 302 g/mol. The molecule has 118 valence electrons. The van der Waals surface area contributed by atoms with Crippen LogP contribution in [-0.2, 0) is 4.79 Å². The molecule has 2 heterocycles. The summed E-state index contributed by atoms with van der Waals surface area (Å²) < 4.78 is 5.26. The van der Waals surface area contributed by atoms with E-state index in [1.165, 1.54) is 0 Å². The first-order valence-corrected chi connectivity index (χ1v) is 7.55. The minimum atomic E-state index is -0.294. The number of fused-ring (bicyclic) bond motifs is 1. The third-order valence-corrected chi connectivity index (χ3v) is 3.58. The van der Waals surface area contributed by atoms with Gasteiger partial charge in [-0.15, -0.1) is 0 Å². The second-order valence-corrected chi connectivity index (χ2v) is 5.19. The third-order valence-electron chi connectivity index (χ3n) is 3.58. The second-order valence-electron chi connectivity index (χ2n) is 5.19. The number of nitrogens with one attached hydrogen (secondary N) is 1. The van der Waals surface area contributed by atoms with Crippen LogP contribution in [0.25, 0.3) is 22.6 Å². The molecule has 24 heavy (non-hydrogen) atoms. The average Bonchev–Trinajstić information content (AvgIpc) is 3.03. The molecule has 0 spiro atoms. The molecule has 3 aromatic rings. The number of benzene rings is 1. The second kappa shape index (κ2) is 6.80. The molecule has 5 heteroatoms. The summed E-state index contributed by atoms with van der Waals surface area (Å²) in [6.45, 7) is 1.74. The molecule has 0 atom stereocenters. The first kappa shape index (κ1) is 15.5. The summed E-state index contributed by atoms with van der Waals surface area (Å²) in [5.41, 5.74) is 2.98. The molecule has 0 aliphatic carbocycles. The molecule has 0 aliphatic heterocycles. The Hall–Kier alpha value is -3.39. The predicted molar refractivity (Wildman–Crippen MR) is 91.9 cm³/mol. The Kier molecular flexibility index (Phi) is 4.39. The van der Waals surface area contributed by atoms with Crippen molar-refractivity contribution in [1.29, 1.82) is 5.26 Å². The standard InChI is InChI=1S/C19H15N3O2/c1-2-19(23)24-15-5-6-18-16(9-15)17(12-22-18)14(10-20)8-13-4-3-7-21-11-13/h3-9,11-12,22H,2H2,1H3/b14-8+. The predicted octanol–water partition coefficient (Wildman–Crippen LogP) is 3.94. The summed E-state index contributed by atoms with van der Waals surface area (Å²) >= 11 is 0. The van der Waals surface area contributed by atoms with Gasteiger partial charge >= 0.3 is 5.97 Å². The van der Waals surface area contributed by atoms with Gasteiger partial charge < -0.3 is 9.72 Å². The number of allylic oxidation sites excluding steroid dienone is 1. The van der Waals surface area contributed by atoms with Crippen molar-refractivity contribution in [1.82, 2.24) is 9.97 Å². The zero-order valence-corrected chi connectivity index (χ0v) is 13.1. The highest BCUT2D eigenvalue weighted by molar-refractivity contribution is 6.01. The van der Waals surface area contributed by atoms with Gasteiger partial charge in [-0.1, -0.05) is 13.0 Å². The fourth-order valence-electron chi connectivity index (χ4n) is 2.39. The van der Waals surface area contributed by atoms with Gasteiger partial charge in [-0.25, -0.2) is 0 Å². The van der Waals surface area contributed by atoms with E-state index in [2.05, 4.69) is 16.0 Å². The van der Waals surface area contributed by atoms with E-state index in [4.69, 9.17) is 4.74 Å². The number of carbonyl (C=O) groups excluding carboxylic acids is 1. The van der Waals surface area contributed by atoms with Crippen molar-refractivity contribution in [2.45, 2.75) is 13.3 Å². The number of aromatic nitrogens is 2. The summed E-state index contributed by atoms with van der Waals surface area (Å²) in [6.07, 6.45) is 7.24. The SMILES string of the molecule is CCC(=O)Oc1ccc2[nH]cc(/C(C#N)=C/c3cccnc3)c2c1. The molecular formula is C19H15N3O2. The van der Waals surface area contributed by atoms with Gasteiger partial charge in [-0.05, 0) is 35.9 Å². The van der Waals surface area contributed by atoms with Crippen molar-refractivity contribution in [3.8, 4) is 11.8 Å². The van der Waals surface area contributed by atoms with Crippen molar-refractivity contribution in [2.75, 3.05) is 0 Å². The molecule has 1 N–H and O–H groups in total. The number of nitriles is 1. The van der Waals surface area contributed by atoms with Gasteiger partial charge in [0.15, 0.2) is 0 Å². The van der Waals surface area contributed by atoms with Crippen molar-refractivity contribution in [3.05, 3.63) is 60.0 Å². The van der Waals surface area contributed by atoms with E-state index in [-0.39, 0.29) is 5.97 Å². The number of hydrogen-bond acceptors (Lipinski definition) is 4. The molecule has 5 nitrogen and oxygen atoms in total. The molecule has 1 aromatic carbocycles. The van der Waals surface area contributed by atoms with Crippen LogP contribution in [-0.4, -0.2) is 15.9 Å². The van der Waals surface area contributed by atoms with Crippen molar-refractivity contribution >= 4 is 28.5 Å². The minimum Gasteiger partial charge on any atom is -0.427 e. The molecule has 3 rings (SSSR count). The van der Waals surface area contributed by atoms with E-state index < -0.39 is 0 Å². The Morgan fingerprint density at radius 2 is 2.29 bits per heavy atom. The van der Waals surface area contributed by atoms with E-state index in [1.54, 1.807) is 43.7 Å². The van der Waals surface area contributed by atoms with Crippen LogP contribution >= 0.6 is 0 Å². The maximum absolute atomic E-state index is 11.5. The van der Waals surface area contributed by atoms with Crippen LogP contribution in [0.4, 0.5) is 0 Å². The van der Waals surface area contributed by atoms with Crippen LogP contribution < -0.4 is 4.74 Å². The topological polar surface area (TPSA) is 78.8 Å². The molecule has 0 saturated carbocycles. The van der Waals surface area contributed by atoms with Gasteiger partial charge in [0.2, 0.25) is 0 Å². The normalized spacial score (nSPS) is 11.2. The maximum atomic E-state index is 11.5. The number of esters is 1. The fraction of sp³-hybridized carbons (Fsp3) is 0.105. The van der Waals surface area contributed by atoms with Gasteiger partial charge in [0, 0.05) is 41.5 Å². The summed E-state index contributed by atoms with van der Waals surface area (Å²) in [5, 5.41) is 10.4. The van der Waals surface area contributed by atoms with Crippen LogP contribution in [0.2, 0.25) is 0 Å². The Balaban J connectivity index is 2.05. The third kappa shape index (κ3) is 3.18. The molecule has 2 aromatic heterocycles. The van der Waals surface area contributed by atoms with Gasteiger partial charge in [-0.3, -0.25) is 9.78 Å². The fourth-order valence-corrected chi connectivity index (χ4v) is 2.39. The van der Waals surface area contributed by atoms with E-state index in [0.717, 1.165) is 22.0 Å². The van der Waals surface area contributed by atoms with E-state index in [0.29, 0.717) is 17.7 Å². The number of carbonyl (C=O) groups is 1. The first-order chi connectivity index (χ1) is 11.7. The van der Waals surface area contributed by atoms with E-state index >= 15 is 0 Å². The molecule has 0 amide bonds. The average molecular weight is 317 g/mol. The minimum absolute atomic E-state index is 0.294. The van der Waals surface area contributed by atoms with E-state index in [9.17, 15) is 10.1 Å². The van der Waals surface area contributed by atoms with Crippen LogP contribution in [0.5, 0.6) is 5.75 Å². The number of hydrogen-bond donors (Lipinski definition) is 1. The zero-order valence-electron chi connectivity index (χ0n) is 13.1. The lowest BCUT2D eigenvalue weighted by molar-refractivity contribution is -0.134. The summed E-state index contributed by atoms with van der Waals surface area (Å²) in [4.78, 5) is 18.7. The van der Waals surface area contributed by atoms with Gasteiger partial charge in [-0.2, -0.15) is 5.26 Å². The summed E-state index contributed by atoms with van der Waals surface area (Å²) in [5.74, 6) is 0.173. The summed E-state index contributed by atoms with van der Waals surface area (Å²) in [6, 6.07) is 11.2. The molecule has 0 aliphatic rings. The highest BCUT2D eigenvalue weighted by atomic mass is 16.5. The quantitative estimate of drug-likeness (QED) is 0.449. The molecule has 0 fully saturated rings. The molecule has 0 radical (unpaired) electrons. The Morgan fingerprint density at radius 1 is 1.42 bits per heavy atom. The molecule has 0 unspecified atom stereocenters. The Labute approximate surface area is 139 Å². The number of pyridine rings is 1. The Bertz CT molecular complexity index is 950. The molecule has 0 bridgehead atoms. The van der Waals surface area contributed by atoms with Gasteiger partial charge in [0.25, 0.3) is 0 Å². The van der Waals surface area contributed by atoms with Crippen LogP contribution in [0.3, 0.4) is 0 Å². The van der Waals surface area contributed by atoms with Crippen molar-refractivity contribution < 1.29 is 9.53 Å². The lowest BCUT2D eigenvalue weighted by Gasteiger charge is -2.04. The monoisotopic (exact) mass is 317 g/mol. The highest BCUT2D eigenvalue weighted by Crippen LogP contribution is 2.29. The number of nitrogens with zero attached hydrogens (tertiary/aromatic N) is 2. The Morgan fingerprint density at radius 3 is 3.00 bits per heavy atom. The smallest absolute Gasteiger partial charge is 0.310 e. The van der Waals surface area contributed by atoms with Crippen molar-refractivity contribution in [2.24, 2.45) is 0 Å². The largest absolute Gasteiger partial charge is 0.427 e. The highest BCUT2D eigenvalue weighted by Gasteiger charge is 2.11. The first-order valence-electron chi connectivity index (χ1n) is 7.55. The van der Waals surface area contributed by atoms with Crippen LogP contribution in [0.1, 0.15) is 24.5 Å². The van der Waals surface area contributed by atoms with Crippen molar-refractivity contribution in [3.63, 3.8) is 0 Å². The lowest BCUT2D eigenvalue weighted by Crippen LogP contribution is -2.05. The number of aromatic amines is 1. The van der Waals surface area contributed by atoms with Gasteiger partial charge in [0.05, 0.1) is 11.6 Å². The zero-order chi connectivity index (χ0) is 16.9. The number of rotatable bonds is 4. The molecule has 0 saturated heterocycles. The van der Waals surface area contributed by atoms with Crippen LogP contribution in [0, 0.1) is 11.3 Å². The lowest BCUT2D eigenvalue weighted by atomic mass is 10.0. The number of H-pyrrole nitrogens is 1. The van der Waals surface area contributed by atoms with Gasteiger partial charge in [0.1, 0.15) is 5.75 Å². The summed E-state index contributed by atoms with van der Waals surface area (Å²) in [7, 11) is 0.